The molecule has 0 radical (unpaired) electrons. The van der Waals surface area contributed by atoms with Gasteiger partial charge in [0.2, 0.25) is 0 Å². The van der Waals surface area contributed by atoms with Gasteiger partial charge in [0.1, 0.15) is 5.70 Å². The summed E-state index contributed by atoms with van der Waals surface area (Å²) in [5.41, 5.74) is 2.38. The zero-order chi connectivity index (χ0) is 19.6. The van der Waals surface area contributed by atoms with Crippen molar-refractivity contribution in [2.24, 2.45) is 0 Å². The number of carbonyl (C=O) groups excluding carboxylic acids is 2. The summed E-state index contributed by atoms with van der Waals surface area (Å²) in [6.45, 7) is 1.92. The largest absolute Gasteiger partial charge is 0.466 e. The number of benzene rings is 2. The smallest absolute Gasteiger partial charge is 0.354 e. The molecule has 3 aromatic rings. The summed E-state index contributed by atoms with van der Waals surface area (Å²) < 4.78 is 9.27. The van der Waals surface area contributed by atoms with Crippen LogP contribution < -0.4 is 10.7 Å². The summed E-state index contributed by atoms with van der Waals surface area (Å²) in [5.74, 6) is -1.45. The van der Waals surface area contributed by atoms with E-state index < -0.39 is 11.9 Å². The number of carbonyl (C=O) groups is 2. The Labute approximate surface area is 154 Å². The molecule has 7 nitrogen and oxygen atoms in total. The third-order valence-corrected chi connectivity index (χ3v) is 4.13. The second kappa shape index (κ2) is 7.33. The van der Waals surface area contributed by atoms with Gasteiger partial charge in [-0.25, -0.2) is 9.59 Å². The van der Waals surface area contributed by atoms with E-state index in [4.69, 9.17) is 4.74 Å². The number of hydrogen-bond acceptors (Lipinski definition) is 6. The molecule has 0 spiro atoms. The average molecular weight is 366 g/mol. The van der Waals surface area contributed by atoms with Gasteiger partial charge in [-0.1, -0.05) is 17.7 Å². The third-order valence-electron chi connectivity index (χ3n) is 4.13. The standard InChI is InChI=1S/C20H18N2O5/c1-11-7-8-14-13(9-11)19(24)12-5-4-6-15(18(12)22-14)21-16(20(25)27-3)10-17(23)26-2/h4-10,21H,1-3H3,(H,22,24)/b16-10+. The molecule has 138 valence electrons. The number of aryl methyl sites for hydroxylation is 1. The second-order valence-electron chi connectivity index (χ2n) is 5.93. The number of ether oxygens (including phenoxy) is 2. The van der Waals surface area contributed by atoms with Crippen LogP contribution in [0.5, 0.6) is 0 Å². The zero-order valence-electron chi connectivity index (χ0n) is 15.1. The van der Waals surface area contributed by atoms with Gasteiger partial charge in [0.25, 0.3) is 0 Å². The van der Waals surface area contributed by atoms with Crippen molar-refractivity contribution in [2.45, 2.75) is 6.92 Å². The molecule has 0 unspecified atom stereocenters. The van der Waals surface area contributed by atoms with Crippen molar-refractivity contribution >= 4 is 39.4 Å². The van der Waals surface area contributed by atoms with E-state index in [-0.39, 0.29) is 11.1 Å². The molecule has 7 heteroatoms. The highest BCUT2D eigenvalue weighted by molar-refractivity contribution is 6.03. The van der Waals surface area contributed by atoms with Crippen molar-refractivity contribution in [1.29, 1.82) is 0 Å². The van der Waals surface area contributed by atoms with Gasteiger partial charge in [-0.2, -0.15) is 0 Å². The predicted molar refractivity (Wildman–Crippen MR) is 103 cm³/mol. The SMILES string of the molecule is COC(=O)/C=C(/Nc1cccc2c(=O)c3cc(C)ccc3[nH]c12)C(=O)OC. The van der Waals surface area contributed by atoms with Crippen LogP contribution >= 0.6 is 0 Å². The van der Waals surface area contributed by atoms with Crippen LogP contribution in [-0.2, 0) is 19.1 Å². The molecule has 2 N–H and O–H groups in total. The van der Waals surface area contributed by atoms with E-state index in [9.17, 15) is 14.4 Å². The van der Waals surface area contributed by atoms with Crippen LogP contribution in [0.1, 0.15) is 5.56 Å². The molecule has 27 heavy (non-hydrogen) atoms. The number of aromatic amines is 1. The highest BCUT2D eigenvalue weighted by Gasteiger charge is 2.15. The normalized spacial score (nSPS) is 11.4. The molecule has 0 aliphatic rings. The molecule has 2 aromatic carbocycles. The molecule has 0 bridgehead atoms. The molecular weight excluding hydrogens is 348 g/mol. The number of para-hydroxylation sites is 1. The Bertz CT molecular complexity index is 1140. The molecule has 0 aliphatic carbocycles. The van der Waals surface area contributed by atoms with Crippen LogP contribution in [0.25, 0.3) is 21.8 Å². The van der Waals surface area contributed by atoms with Gasteiger partial charge >= 0.3 is 11.9 Å². The van der Waals surface area contributed by atoms with Gasteiger partial charge in [0.05, 0.1) is 31.5 Å². The van der Waals surface area contributed by atoms with E-state index in [1.54, 1.807) is 18.2 Å². The van der Waals surface area contributed by atoms with Gasteiger partial charge in [-0.3, -0.25) is 4.79 Å². The van der Waals surface area contributed by atoms with Crippen LogP contribution in [0.4, 0.5) is 5.69 Å². The lowest BCUT2D eigenvalue weighted by Gasteiger charge is -2.12. The first-order chi connectivity index (χ1) is 12.9. The fourth-order valence-corrected chi connectivity index (χ4v) is 2.79. The van der Waals surface area contributed by atoms with Crippen molar-refractivity contribution < 1.29 is 19.1 Å². The molecule has 3 rings (SSSR count). The Balaban J connectivity index is 2.19. The van der Waals surface area contributed by atoms with Gasteiger partial charge < -0.3 is 19.8 Å². The van der Waals surface area contributed by atoms with Crippen molar-refractivity contribution in [3.63, 3.8) is 0 Å². The number of pyridine rings is 1. The quantitative estimate of drug-likeness (QED) is 0.418. The molecule has 0 amide bonds. The van der Waals surface area contributed by atoms with Gasteiger partial charge in [-0.05, 0) is 31.2 Å². The molecule has 0 fully saturated rings. The Morgan fingerprint density at radius 3 is 2.56 bits per heavy atom. The van der Waals surface area contributed by atoms with E-state index in [1.165, 1.54) is 14.2 Å². The third kappa shape index (κ3) is 3.52. The molecule has 0 atom stereocenters. The molecule has 0 saturated heterocycles. The maximum atomic E-state index is 12.9. The number of esters is 2. The number of hydrogen-bond donors (Lipinski definition) is 2. The Morgan fingerprint density at radius 2 is 1.85 bits per heavy atom. The van der Waals surface area contributed by atoms with Crippen molar-refractivity contribution in [3.05, 3.63) is 64.0 Å². The molecule has 1 heterocycles. The van der Waals surface area contributed by atoms with E-state index in [1.807, 2.05) is 25.1 Å². The number of H-pyrrole nitrogens is 1. The minimum atomic E-state index is -0.740. The minimum Gasteiger partial charge on any atom is -0.466 e. The average Bonchev–Trinajstić information content (AvgIpc) is 2.68. The lowest BCUT2D eigenvalue weighted by atomic mass is 10.1. The molecule has 1 aromatic heterocycles. The number of anilines is 1. The number of fused-ring (bicyclic) bond motifs is 2. The first kappa shape index (κ1) is 18.2. The van der Waals surface area contributed by atoms with Crippen LogP contribution in [0.2, 0.25) is 0 Å². The van der Waals surface area contributed by atoms with E-state index in [0.29, 0.717) is 27.5 Å². The van der Waals surface area contributed by atoms with Crippen LogP contribution in [-0.4, -0.2) is 31.1 Å². The molecule has 0 saturated carbocycles. The van der Waals surface area contributed by atoms with E-state index in [0.717, 1.165) is 11.6 Å². The Kier molecular flexibility index (Phi) is 4.94. The lowest BCUT2D eigenvalue weighted by Crippen LogP contribution is -2.16. The summed E-state index contributed by atoms with van der Waals surface area (Å²) in [5, 5.41) is 3.90. The second-order valence-corrected chi connectivity index (χ2v) is 5.93. The molecular formula is C20H18N2O5. The lowest BCUT2D eigenvalue weighted by molar-refractivity contribution is -0.138. The maximum Gasteiger partial charge on any atom is 0.354 e. The van der Waals surface area contributed by atoms with Gasteiger partial charge in [0, 0.05) is 16.3 Å². The maximum absolute atomic E-state index is 12.9. The fourth-order valence-electron chi connectivity index (χ4n) is 2.79. The monoisotopic (exact) mass is 366 g/mol. The Morgan fingerprint density at radius 1 is 1.07 bits per heavy atom. The number of nitrogens with one attached hydrogen (secondary N) is 2. The highest BCUT2D eigenvalue weighted by Crippen LogP contribution is 2.24. The van der Waals surface area contributed by atoms with Gasteiger partial charge in [-0.15, -0.1) is 0 Å². The topological polar surface area (TPSA) is 97.5 Å². The number of methoxy groups -OCH3 is 2. The highest BCUT2D eigenvalue weighted by atomic mass is 16.5. The van der Waals surface area contributed by atoms with Crippen LogP contribution in [0.15, 0.2) is 53.0 Å². The van der Waals surface area contributed by atoms with Gasteiger partial charge in [0.15, 0.2) is 5.43 Å². The summed E-state index contributed by atoms with van der Waals surface area (Å²) in [7, 11) is 2.41. The number of aromatic nitrogens is 1. The predicted octanol–water partition coefficient (Wildman–Crippen LogP) is 2.63. The van der Waals surface area contributed by atoms with E-state index >= 15 is 0 Å². The molecule has 0 aliphatic heterocycles. The number of rotatable bonds is 4. The van der Waals surface area contributed by atoms with Crippen molar-refractivity contribution in [1.82, 2.24) is 4.98 Å². The summed E-state index contributed by atoms with van der Waals surface area (Å²) in [6.07, 6.45) is 0.993. The van der Waals surface area contributed by atoms with Crippen LogP contribution in [0, 0.1) is 6.92 Å². The van der Waals surface area contributed by atoms with Crippen LogP contribution in [0.3, 0.4) is 0 Å². The summed E-state index contributed by atoms with van der Waals surface area (Å²) in [6, 6.07) is 10.6. The van der Waals surface area contributed by atoms with E-state index in [2.05, 4.69) is 15.0 Å². The first-order valence-corrected chi connectivity index (χ1v) is 8.15. The Hall–Kier alpha value is -3.61. The van der Waals surface area contributed by atoms with Crippen molar-refractivity contribution in [3.8, 4) is 0 Å². The fraction of sp³-hybridized carbons (Fsp3) is 0.150. The van der Waals surface area contributed by atoms with Crippen molar-refractivity contribution in [2.75, 3.05) is 19.5 Å². The minimum absolute atomic E-state index is 0.110. The summed E-state index contributed by atoms with van der Waals surface area (Å²) in [4.78, 5) is 39.6. The summed E-state index contributed by atoms with van der Waals surface area (Å²) >= 11 is 0. The first-order valence-electron chi connectivity index (χ1n) is 8.15. The zero-order valence-corrected chi connectivity index (χ0v) is 15.1.